The number of hydrogen-bond acceptors (Lipinski definition) is 1. The predicted molar refractivity (Wildman–Crippen MR) is 76.3 cm³/mol. The zero-order chi connectivity index (χ0) is 13.5. The van der Waals surface area contributed by atoms with Crippen LogP contribution in [-0.2, 0) is 5.41 Å². The molecule has 0 N–H and O–H groups in total. The van der Waals surface area contributed by atoms with Gasteiger partial charge in [-0.05, 0) is 40.9 Å². The summed E-state index contributed by atoms with van der Waals surface area (Å²) < 4.78 is 0. The zero-order valence-corrected chi connectivity index (χ0v) is 12.2. The minimum atomic E-state index is 0.117. The lowest BCUT2D eigenvalue weighted by molar-refractivity contribution is 0.0987. The van der Waals surface area contributed by atoms with E-state index < -0.39 is 0 Å². The molecule has 2 rings (SSSR count). The molecule has 0 heterocycles. The van der Waals surface area contributed by atoms with E-state index in [-0.39, 0.29) is 5.41 Å². The standard InChI is InChI=1S/C17H24O/c1-11(2)8-12-9-16(18)15-10-13(17(3,4)5)6-7-14(12)15/h6-7,10-12H,8-9H2,1-5H3. The van der Waals surface area contributed by atoms with Crippen molar-refractivity contribution in [3.8, 4) is 0 Å². The molecule has 1 aliphatic rings. The molecule has 18 heavy (non-hydrogen) atoms. The highest BCUT2D eigenvalue weighted by Gasteiger charge is 2.30. The van der Waals surface area contributed by atoms with Crippen molar-refractivity contribution in [2.45, 2.75) is 58.8 Å². The molecular weight excluding hydrogens is 220 g/mol. The average Bonchev–Trinajstić information content (AvgIpc) is 2.53. The van der Waals surface area contributed by atoms with Gasteiger partial charge in [-0.15, -0.1) is 0 Å². The van der Waals surface area contributed by atoms with E-state index in [4.69, 9.17) is 0 Å². The molecule has 0 aliphatic heterocycles. The summed E-state index contributed by atoms with van der Waals surface area (Å²) in [5.41, 5.74) is 3.64. The summed E-state index contributed by atoms with van der Waals surface area (Å²) in [6.07, 6.45) is 1.83. The molecule has 98 valence electrons. The van der Waals surface area contributed by atoms with Crippen molar-refractivity contribution in [1.29, 1.82) is 0 Å². The van der Waals surface area contributed by atoms with E-state index in [1.165, 1.54) is 11.1 Å². The minimum Gasteiger partial charge on any atom is -0.294 e. The van der Waals surface area contributed by atoms with Gasteiger partial charge in [-0.2, -0.15) is 0 Å². The van der Waals surface area contributed by atoms with E-state index in [9.17, 15) is 4.79 Å². The summed E-state index contributed by atoms with van der Waals surface area (Å²) in [5.74, 6) is 1.43. The predicted octanol–water partition coefficient (Wildman–Crippen LogP) is 4.70. The van der Waals surface area contributed by atoms with Crippen LogP contribution < -0.4 is 0 Å². The third-order valence-corrected chi connectivity index (χ3v) is 3.85. The molecule has 1 nitrogen and oxygen atoms in total. The first-order valence-corrected chi connectivity index (χ1v) is 6.96. The van der Waals surface area contributed by atoms with Gasteiger partial charge in [0.15, 0.2) is 5.78 Å². The van der Waals surface area contributed by atoms with Crippen LogP contribution in [0.25, 0.3) is 0 Å². The Morgan fingerprint density at radius 3 is 2.50 bits per heavy atom. The molecular formula is C17H24O. The van der Waals surface area contributed by atoms with Gasteiger partial charge in [0.2, 0.25) is 0 Å². The number of rotatable bonds is 2. The first kappa shape index (κ1) is 13.3. The third kappa shape index (κ3) is 2.50. The van der Waals surface area contributed by atoms with Gasteiger partial charge < -0.3 is 0 Å². The van der Waals surface area contributed by atoms with Gasteiger partial charge in [0.1, 0.15) is 0 Å². The number of Topliss-reactive ketones (excluding diaryl/α,β-unsaturated/α-hetero) is 1. The van der Waals surface area contributed by atoms with Crippen LogP contribution in [0.15, 0.2) is 18.2 Å². The molecule has 0 bridgehead atoms. The fraction of sp³-hybridized carbons (Fsp3) is 0.588. The maximum absolute atomic E-state index is 12.1. The maximum atomic E-state index is 12.1. The number of ketones is 1. The molecule has 1 unspecified atom stereocenters. The molecule has 0 fully saturated rings. The number of fused-ring (bicyclic) bond motifs is 1. The van der Waals surface area contributed by atoms with Gasteiger partial charge in [-0.3, -0.25) is 4.79 Å². The maximum Gasteiger partial charge on any atom is 0.163 e. The average molecular weight is 244 g/mol. The normalized spacial score (nSPS) is 19.4. The largest absolute Gasteiger partial charge is 0.294 e. The molecule has 0 spiro atoms. The Bertz CT molecular complexity index is 463. The first-order chi connectivity index (χ1) is 8.29. The van der Waals surface area contributed by atoms with Gasteiger partial charge in [-0.25, -0.2) is 0 Å². The van der Waals surface area contributed by atoms with Gasteiger partial charge in [0, 0.05) is 12.0 Å². The van der Waals surface area contributed by atoms with Gasteiger partial charge >= 0.3 is 0 Å². The zero-order valence-electron chi connectivity index (χ0n) is 12.2. The summed E-state index contributed by atoms with van der Waals surface area (Å²) in [6, 6.07) is 6.51. The van der Waals surface area contributed by atoms with Crippen LogP contribution in [0.4, 0.5) is 0 Å². The molecule has 0 saturated heterocycles. The van der Waals surface area contributed by atoms with Crippen LogP contribution >= 0.6 is 0 Å². The van der Waals surface area contributed by atoms with Gasteiger partial charge in [-0.1, -0.05) is 46.8 Å². The van der Waals surface area contributed by atoms with Crippen molar-refractivity contribution in [3.63, 3.8) is 0 Å². The Balaban J connectivity index is 2.37. The Morgan fingerprint density at radius 1 is 1.28 bits per heavy atom. The lowest BCUT2D eigenvalue weighted by Gasteiger charge is -2.20. The van der Waals surface area contributed by atoms with E-state index in [2.05, 4.69) is 52.8 Å². The number of benzene rings is 1. The quantitative estimate of drug-likeness (QED) is 0.737. The fourth-order valence-electron chi connectivity index (χ4n) is 2.84. The Labute approximate surface area is 111 Å². The second-order valence-corrected chi connectivity index (χ2v) is 7.01. The highest BCUT2D eigenvalue weighted by atomic mass is 16.1. The van der Waals surface area contributed by atoms with E-state index in [1.807, 2.05) is 0 Å². The van der Waals surface area contributed by atoms with Crippen molar-refractivity contribution in [1.82, 2.24) is 0 Å². The second-order valence-electron chi connectivity index (χ2n) is 7.01. The molecule has 1 heteroatoms. The van der Waals surface area contributed by atoms with E-state index >= 15 is 0 Å². The molecule has 0 amide bonds. The van der Waals surface area contributed by atoms with Crippen molar-refractivity contribution in [3.05, 3.63) is 34.9 Å². The highest BCUT2D eigenvalue weighted by Crippen LogP contribution is 2.39. The number of carbonyl (C=O) groups excluding carboxylic acids is 1. The summed E-state index contributed by atoms with van der Waals surface area (Å²) in [6.45, 7) is 11.0. The van der Waals surface area contributed by atoms with Crippen LogP contribution in [0, 0.1) is 5.92 Å². The number of hydrogen-bond donors (Lipinski definition) is 0. The summed E-state index contributed by atoms with van der Waals surface area (Å²) in [7, 11) is 0. The van der Waals surface area contributed by atoms with E-state index in [0.717, 1.165) is 12.0 Å². The lowest BCUT2D eigenvalue weighted by Crippen LogP contribution is -2.12. The van der Waals surface area contributed by atoms with Gasteiger partial charge in [0.25, 0.3) is 0 Å². The fourth-order valence-corrected chi connectivity index (χ4v) is 2.84. The van der Waals surface area contributed by atoms with Crippen molar-refractivity contribution in [2.75, 3.05) is 0 Å². The van der Waals surface area contributed by atoms with Crippen LogP contribution in [-0.4, -0.2) is 5.78 Å². The monoisotopic (exact) mass is 244 g/mol. The molecule has 0 saturated carbocycles. The minimum absolute atomic E-state index is 0.117. The van der Waals surface area contributed by atoms with Crippen LogP contribution in [0.1, 0.15) is 74.9 Å². The molecule has 1 aromatic carbocycles. The smallest absolute Gasteiger partial charge is 0.163 e. The lowest BCUT2D eigenvalue weighted by atomic mass is 9.84. The Kier molecular flexibility index (Phi) is 3.35. The van der Waals surface area contributed by atoms with Crippen LogP contribution in [0.5, 0.6) is 0 Å². The topological polar surface area (TPSA) is 17.1 Å². The molecule has 0 aromatic heterocycles. The number of carbonyl (C=O) groups is 1. The summed E-state index contributed by atoms with van der Waals surface area (Å²) in [5, 5.41) is 0. The highest BCUT2D eigenvalue weighted by molar-refractivity contribution is 6.01. The van der Waals surface area contributed by atoms with E-state index in [1.54, 1.807) is 0 Å². The van der Waals surface area contributed by atoms with Crippen molar-refractivity contribution in [2.24, 2.45) is 5.92 Å². The second kappa shape index (κ2) is 4.53. The molecule has 0 radical (unpaired) electrons. The molecule has 1 aliphatic carbocycles. The molecule has 1 atom stereocenters. The first-order valence-electron chi connectivity index (χ1n) is 6.96. The van der Waals surface area contributed by atoms with Crippen molar-refractivity contribution < 1.29 is 4.79 Å². The van der Waals surface area contributed by atoms with Crippen LogP contribution in [0.2, 0.25) is 0 Å². The van der Waals surface area contributed by atoms with E-state index in [0.29, 0.717) is 24.0 Å². The third-order valence-electron chi connectivity index (χ3n) is 3.85. The summed E-state index contributed by atoms with van der Waals surface area (Å²) >= 11 is 0. The Morgan fingerprint density at radius 2 is 1.94 bits per heavy atom. The summed E-state index contributed by atoms with van der Waals surface area (Å²) in [4.78, 5) is 12.1. The molecule has 1 aromatic rings. The SMILES string of the molecule is CC(C)CC1CC(=O)c2cc(C(C)(C)C)ccc21. The Hall–Kier alpha value is -1.11. The van der Waals surface area contributed by atoms with Crippen LogP contribution in [0.3, 0.4) is 0 Å². The van der Waals surface area contributed by atoms with Crippen molar-refractivity contribution >= 4 is 5.78 Å². The van der Waals surface area contributed by atoms with Gasteiger partial charge in [0.05, 0.1) is 0 Å².